The van der Waals surface area contributed by atoms with Crippen LogP contribution in [0.15, 0.2) is 12.1 Å². The summed E-state index contributed by atoms with van der Waals surface area (Å²) < 4.78 is 25.0. The number of nitrogens with two attached hydrogens (primary N) is 1. The Morgan fingerprint density at radius 3 is 2.20 bits per heavy atom. The minimum Gasteiger partial charge on any atom is -0.399 e. The first-order chi connectivity index (χ1) is 9.05. The molecule has 1 aliphatic rings. The lowest BCUT2D eigenvalue weighted by atomic mass is 9.77. The lowest BCUT2D eigenvalue weighted by Crippen LogP contribution is -2.41. The summed E-state index contributed by atoms with van der Waals surface area (Å²) in [6.07, 6.45) is 0. The molecule has 0 bridgehead atoms. The first kappa shape index (κ1) is 14.7. The first-order valence-electron chi connectivity index (χ1n) is 6.14. The normalized spacial score (nSPS) is 20.1. The van der Waals surface area contributed by atoms with E-state index in [-0.39, 0.29) is 11.2 Å². The highest BCUT2D eigenvalue weighted by atomic mass is 19.1. The van der Waals surface area contributed by atoms with E-state index in [9.17, 15) is 14.5 Å². The number of nitro benzene ring substituents is 1. The van der Waals surface area contributed by atoms with E-state index in [1.807, 2.05) is 27.7 Å². The van der Waals surface area contributed by atoms with Crippen molar-refractivity contribution >= 4 is 24.0 Å². The summed E-state index contributed by atoms with van der Waals surface area (Å²) in [6.45, 7) is 7.32. The van der Waals surface area contributed by atoms with Gasteiger partial charge in [-0.3, -0.25) is 10.1 Å². The molecule has 1 aromatic rings. The zero-order valence-corrected chi connectivity index (χ0v) is 11.8. The summed E-state index contributed by atoms with van der Waals surface area (Å²) >= 11 is 0. The fourth-order valence-electron chi connectivity index (χ4n) is 1.94. The molecular formula is C12H16BFN2O4. The number of nitrogens with zero attached hydrogens (tertiary/aromatic N) is 1. The topological polar surface area (TPSA) is 87.6 Å². The SMILES string of the molecule is CC1(C)OB(c2cc(F)cc([N+](=O)[O-])c2N)OC1(C)C. The Kier molecular flexibility index (Phi) is 3.26. The maximum absolute atomic E-state index is 13.5. The zero-order valence-electron chi connectivity index (χ0n) is 11.8. The third-order valence-electron chi connectivity index (χ3n) is 3.86. The van der Waals surface area contributed by atoms with E-state index >= 15 is 0 Å². The van der Waals surface area contributed by atoms with Crippen LogP contribution in [0.2, 0.25) is 0 Å². The van der Waals surface area contributed by atoms with Gasteiger partial charge < -0.3 is 15.0 Å². The average molecular weight is 282 g/mol. The van der Waals surface area contributed by atoms with Gasteiger partial charge in [-0.15, -0.1) is 0 Å². The lowest BCUT2D eigenvalue weighted by molar-refractivity contribution is -0.384. The number of nitro groups is 1. The molecule has 1 saturated heterocycles. The van der Waals surface area contributed by atoms with Crippen molar-refractivity contribution in [1.82, 2.24) is 0 Å². The Bertz CT molecular complexity index is 561. The molecule has 8 heteroatoms. The highest BCUT2D eigenvalue weighted by Crippen LogP contribution is 2.37. The van der Waals surface area contributed by atoms with Gasteiger partial charge in [0.2, 0.25) is 0 Å². The van der Waals surface area contributed by atoms with Crippen molar-refractivity contribution in [3.05, 3.63) is 28.1 Å². The summed E-state index contributed by atoms with van der Waals surface area (Å²) in [5, 5.41) is 10.9. The molecule has 2 rings (SSSR count). The van der Waals surface area contributed by atoms with Crippen molar-refractivity contribution in [2.45, 2.75) is 38.9 Å². The van der Waals surface area contributed by atoms with Gasteiger partial charge in [-0.2, -0.15) is 0 Å². The number of hydrogen-bond donors (Lipinski definition) is 1. The molecule has 0 aliphatic carbocycles. The predicted molar refractivity (Wildman–Crippen MR) is 73.2 cm³/mol. The Labute approximate surface area is 116 Å². The van der Waals surface area contributed by atoms with Gasteiger partial charge in [0.1, 0.15) is 11.5 Å². The molecule has 1 fully saturated rings. The Morgan fingerprint density at radius 1 is 1.25 bits per heavy atom. The van der Waals surface area contributed by atoms with Gasteiger partial charge in [-0.1, -0.05) is 0 Å². The molecule has 108 valence electrons. The number of halogens is 1. The number of anilines is 1. The smallest absolute Gasteiger partial charge is 0.399 e. The van der Waals surface area contributed by atoms with Gasteiger partial charge in [0, 0.05) is 5.46 Å². The molecule has 1 aromatic carbocycles. The van der Waals surface area contributed by atoms with Crippen molar-refractivity contribution < 1.29 is 18.6 Å². The van der Waals surface area contributed by atoms with E-state index in [0.717, 1.165) is 12.1 Å². The summed E-state index contributed by atoms with van der Waals surface area (Å²) in [6, 6.07) is 1.88. The highest BCUT2D eigenvalue weighted by molar-refractivity contribution is 6.64. The molecule has 1 aliphatic heterocycles. The lowest BCUT2D eigenvalue weighted by Gasteiger charge is -2.32. The number of benzene rings is 1. The van der Waals surface area contributed by atoms with Crippen molar-refractivity contribution in [1.29, 1.82) is 0 Å². The highest BCUT2D eigenvalue weighted by Gasteiger charge is 2.52. The summed E-state index contributed by atoms with van der Waals surface area (Å²) in [5.74, 6) is -0.754. The Balaban J connectivity index is 2.48. The molecule has 0 spiro atoms. The monoisotopic (exact) mass is 282 g/mol. The van der Waals surface area contributed by atoms with Gasteiger partial charge in [-0.25, -0.2) is 4.39 Å². The molecule has 0 aromatic heterocycles. The maximum Gasteiger partial charge on any atom is 0.497 e. The third kappa shape index (κ3) is 2.25. The van der Waals surface area contributed by atoms with Crippen LogP contribution >= 0.6 is 0 Å². The van der Waals surface area contributed by atoms with E-state index in [4.69, 9.17) is 15.0 Å². The van der Waals surface area contributed by atoms with E-state index < -0.39 is 34.7 Å². The number of rotatable bonds is 2. The Hall–Kier alpha value is -1.67. The second-order valence-electron chi connectivity index (χ2n) is 5.77. The van der Waals surface area contributed by atoms with Gasteiger partial charge in [0.15, 0.2) is 0 Å². The van der Waals surface area contributed by atoms with E-state index in [2.05, 4.69) is 0 Å². The fraction of sp³-hybridized carbons (Fsp3) is 0.500. The molecule has 0 atom stereocenters. The number of hydrogen-bond acceptors (Lipinski definition) is 5. The minimum absolute atomic E-state index is 0.135. The predicted octanol–water partition coefficient (Wildman–Crippen LogP) is 1.62. The molecule has 0 unspecified atom stereocenters. The quantitative estimate of drug-likeness (QED) is 0.385. The van der Waals surface area contributed by atoms with Crippen LogP contribution in [0.4, 0.5) is 15.8 Å². The van der Waals surface area contributed by atoms with Crippen LogP contribution < -0.4 is 11.2 Å². The van der Waals surface area contributed by atoms with E-state index in [1.165, 1.54) is 0 Å². The minimum atomic E-state index is -0.936. The Morgan fingerprint density at radius 2 is 1.75 bits per heavy atom. The summed E-state index contributed by atoms with van der Waals surface area (Å²) in [7, 11) is -0.936. The van der Waals surface area contributed by atoms with Crippen molar-refractivity contribution in [3.8, 4) is 0 Å². The van der Waals surface area contributed by atoms with Crippen molar-refractivity contribution in [2.24, 2.45) is 0 Å². The third-order valence-corrected chi connectivity index (χ3v) is 3.86. The van der Waals surface area contributed by atoms with Gasteiger partial charge >= 0.3 is 7.12 Å². The first-order valence-corrected chi connectivity index (χ1v) is 6.14. The molecular weight excluding hydrogens is 266 g/mol. The van der Waals surface area contributed by atoms with E-state index in [0.29, 0.717) is 0 Å². The second kappa shape index (κ2) is 4.42. The molecule has 0 saturated carbocycles. The van der Waals surface area contributed by atoms with Crippen molar-refractivity contribution in [3.63, 3.8) is 0 Å². The van der Waals surface area contributed by atoms with Crippen molar-refractivity contribution in [2.75, 3.05) is 5.73 Å². The van der Waals surface area contributed by atoms with Crippen LogP contribution in [0.3, 0.4) is 0 Å². The van der Waals surface area contributed by atoms with Crippen LogP contribution in [0, 0.1) is 15.9 Å². The van der Waals surface area contributed by atoms with Gasteiger partial charge in [-0.05, 0) is 33.8 Å². The van der Waals surface area contributed by atoms with Crippen LogP contribution in [-0.4, -0.2) is 23.2 Å². The summed E-state index contributed by atoms with van der Waals surface area (Å²) in [5.41, 5.74) is 3.97. The van der Waals surface area contributed by atoms with E-state index in [1.54, 1.807) is 0 Å². The van der Waals surface area contributed by atoms with Crippen LogP contribution in [0.25, 0.3) is 0 Å². The molecule has 1 heterocycles. The molecule has 0 amide bonds. The van der Waals surface area contributed by atoms with Crippen LogP contribution in [0.1, 0.15) is 27.7 Å². The molecule has 2 N–H and O–H groups in total. The van der Waals surface area contributed by atoms with Gasteiger partial charge in [0.05, 0.1) is 22.2 Å². The standard InChI is InChI=1S/C12H16BFN2O4/c1-11(2)12(3,4)20-13(19-11)8-5-7(14)6-9(10(8)15)16(17)18/h5-6H,15H2,1-4H3. The average Bonchev–Trinajstić information content (AvgIpc) is 2.50. The number of nitrogen functional groups attached to an aromatic ring is 1. The molecule has 0 radical (unpaired) electrons. The second-order valence-corrected chi connectivity index (χ2v) is 5.77. The fourth-order valence-corrected chi connectivity index (χ4v) is 1.94. The van der Waals surface area contributed by atoms with Gasteiger partial charge in [0.25, 0.3) is 5.69 Å². The largest absolute Gasteiger partial charge is 0.497 e. The van der Waals surface area contributed by atoms with Crippen LogP contribution in [0.5, 0.6) is 0 Å². The molecule has 6 nitrogen and oxygen atoms in total. The zero-order chi connectivity index (χ0) is 15.3. The maximum atomic E-state index is 13.5. The van der Waals surface area contributed by atoms with Crippen LogP contribution in [-0.2, 0) is 9.31 Å². The summed E-state index contributed by atoms with van der Waals surface area (Å²) in [4.78, 5) is 10.1. The molecule has 20 heavy (non-hydrogen) atoms.